The van der Waals surface area contributed by atoms with Crippen LogP contribution in [0.4, 0.5) is 19.0 Å². The number of rotatable bonds is 11. The van der Waals surface area contributed by atoms with Crippen molar-refractivity contribution in [2.45, 2.75) is 95.5 Å². The standard InChI is InChI=1S/C22H33NO2.C14H20N2O2.C10H12F3N3O/c1-22-10-9-18-17-6-5-16(24)13-15(17)12-14(4-3-11-23-2)21(18)19(22)7-8-20(22)25;1-15-6-8-16(9-7-15)12-13-2-4-14(5-3-13)18-11-10-17;11-10(12,13)8-4-14-5-9(16-8)15-7-2-1-3-17-6-7/h5-6,13-14,18-21,23-25H,3-4,7-12H2,1-2H3;2-5,10H,6-9,11-12H2,1H3;4-5,7H,1-3,6H2,(H,15,16). The number of ether oxygens (including phenoxy) is 2. The molecule has 1 aromatic heterocycles. The van der Waals surface area contributed by atoms with Gasteiger partial charge in [-0.25, -0.2) is 4.98 Å². The fourth-order valence-electron chi connectivity index (χ4n) is 10.3. The molecule has 8 rings (SSSR count). The van der Waals surface area contributed by atoms with Crippen LogP contribution in [0.1, 0.15) is 86.6 Å². The summed E-state index contributed by atoms with van der Waals surface area (Å²) >= 11 is 0. The second kappa shape index (κ2) is 21.3. The lowest BCUT2D eigenvalue weighted by atomic mass is 9.52. The molecule has 2 saturated heterocycles. The number of hydrogen-bond acceptors (Lipinski definition) is 11. The van der Waals surface area contributed by atoms with E-state index < -0.39 is 11.9 Å². The van der Waals surface area contributed by atoms with Crippen LogP contribution in [-0.4, -0.2) is 115 Å². The molecule has 2 aromatic carbocycles. The molecule has 60 heavy (non-hydrogen) atoms. The number of nitrogens with one attached hydrogen (secondary N) is 2. The summed E-state index contributed by atoms with van der Waals surface area (Å²) in [5, 5.41) is 26.8. The number of hydrogen-bond donors (Lipinski definition) is 4. The largest absolute Gasteiger partial charge is 0.508 e. The fourth-order valence-corrected chi connectivity index (χ4v) is 10.3. The zero-order valence-corrected chi connectivity index (χ0v) is 35.5. The van der Waals surface area contributed by atoms with Crippen LogP contribution in [0.15, 0.2) is 54.9 Å². The molecule has 0 amide bonds. The molecule has 3 heterocycles. The Hall–Kier alpha value is -3.82. The van der Waals surface area contributed by atoms with E-state index in [1.165, 1.54) is 48.6 Å². The molecule has 0 bridgehead atoms. The lowest BCUT2D eigenvalue weighted by Gasteiger charge is -2.53. The number of halogens is 3. The molecule has 330 valence electrons. The number of aliphatic hydroxyl groups is 1. The van der Waals surface area contributed by atoms with E-state index in [1.807, 2.05) is 31.3 Å². The molecule has 4 N–H and O–H groups in total. The van der Waals surface area contributed by atoms with Crippen LogP contribution in [0.3, 0.4) is 0 Å². The molecule has 2 saturated carbocycles. The lowest BCUT2D eigenvalue weighted by molar-refractivity contribution is -0.141. The van der Waals surface area contributed by atoms with Crippen molar-refractivity contribution in [3.8, 4) is 11.5 Å². The Morgan fingerprint density at radius 3 is 2.53 bits per heavy atom. The first-order valence-electron chi connectivity index (χ1n) is 21.8. The highest BCUT2D eigenvalue weighted by Crippen LogP contribution is 2.62. The quantitative estimate of drug-likeness (QED) is 0.118. The Labute approximate surface area is 353 Å². The Bertz CT molecular complexity index is 1790. The number of nitrogens with zero attached hydrogens (tertiary/aromatic N) is 4. The molecule has 14 heteroatoms. The monoisotopic (exact) mass is 838 g/mol. The summed E-state index contributed by atoms with van der Waals surface area (Å²) in [6, 6.07) is 14.0. The molecule has 7 atom stereocenters. The highest BCUT2D eigenvalue weighted by Gasteiger charge is 2.56. The predicted octanol–water partition coefficient (Wildman–Crippen LogP) is 6.93. The lowest BCUT2D eigenvalue weighted by Crippen LogP contribution is -2.47. The average Bonchev–Trinajstić information content (AvgIpc) is 3.55. The molecule has 3 aliphatic carbocycles. The summed E-state index contributed by atoms with van der Waals surface area (Å²) in [5.41, 5.74) is 3.28. The molecule has 0 spiro atoms. The van der Waals surface area contributed by atoms with Gasteiger partial charge >= 0.3 is 6.18 Å². The number of aromatic nitrogens is 2. The van der Waals surface area contributed by atoms with E-state index in [2.05, 4.69) is 62.6 Å². The number of phenols is 1. The molecule has 2 aliphatic heterocycles. The van der Waals surface area contributed by atoms with Gasteiger partial charge in [0.25, 0.3) is 0 Å². The number of phenolic OH excluding ortho intramolecular Hbond substituents is 1. The van der Waals surface area contributed by atoms with E-state index in [1.54, 1.807) is 0 Å². The minimum Gasteiger partial charge on any atom is -0.508 e. The number of alkyl halides is 3. The van der Waals surface area contributed by atoms with Gasteiger partial charge in [0.15, 0.2) is 12.0 Å². The SMILES string of the molecule is CN1CCN(Cc2ccc(OCC=O)cc2)CC1.CNCCCC1Cc2cc(O)ccc2C2CCC3(C)C(O)CCC3C12.FC(F)(F)c1cncc(NC2CCCOC2)n1. The fraction of sp³-hybridized carbons (Fsp3) is 0.630. The van der Waals surface area contributed by atoms with Crippen LogP contribution in [0.2, 0.25) is 0 Å². The number of fused-ring (bicyclic) bond motifs is 5. The van der Waals surface area contributed by atoms with Gasteiger partial charge in [0.1, 0.15) is 23.9 Å². The number of aliphatic hydroxyl groups excluding tert-OH is 1. The van der Waals surface area contributed by atoms with Crippen LogP contribution < -0.4 is 15.4 Å². The second-order valence-corrected chi connectivity index (χ2v) is 17.6. The van der Waals surface area contributed by atoms with E-state index in [4.69, 9.17) is 9.47 Å². The number of aldehydes is 1. The van der Waals surface area contributed by atoms with Crippen LogP contribution in [0, 0.1) is 23.2 Å². The van der Waals surface area contributed by atoms with Gasteiger partial charge in [0.05, 0.1) is 31.1 Å². The number of piperazine rings is 1. The third kappa shape index (κ3) is 12.0. The summed E-state index contributed by atoms with van der Waals surface area (Å²) in [7, 11) is 4.19. The predicted molar refractivity (Wildman–Crippen MR) is 226 cm³/mol. The highest BCUT2D eigenvalue weighted by atomic mass is 19.4. The van der Waals surface area contributed by atoms with Crippen molar-refractivity contribution in [3.63, 3.8) is 0 Å². The maximum atomic E-state index is 12.4. The topological polar surface area (TPSA) is 132 Å². The van der Waals surface area contributed by atoms with Crippen molar-refractivity contribution < 1.29 is 37.7 Å². The average molecular weight is 839 g/mol. The molecule has 0 radical (unpaired) electrons. The number of likely N-dealkylation sites (N-methyl/N-ethyl adjacent to an activating group) is 1. The number of aromatic hydroxyl groups is 1. The summed E-state index contributed by atoms with van der Waals surface area (Å²) in [4.78, 5) is 22.0. The number of carbonyl (C=O) groups excluding carboxylic acids is 1. The molecule has 5 aliphatic rings. The van der Waals surface area contributed by atoms with Crippen molar-refractivity contribution in [2.75, 3.05) is 72.0 Å². The molecule has 7 unspecified atom stereocenters. The summed E-state index contributed by atoms with van der Waals surface area (Å²) in [6.07, 6.45) is 7.99. The summed E-state index contributed by atoms with van der Waals surface area (Å²) in [5.74, 6) is 3.95. The zero-order valence-electron chi connectivity index (χ0n) is 35.5. The van der Waals surface area contributed by atoms with Gasteiger partial charge in [-0.1, -0.05) is 25.1 Å². The minimum atomic E-state index is -4.46. The van der Waals surface area contributed by atoms with Gasteiger partial charge in [0.2, 0.25) is 0 Å². The van der Waals surface area contributed by atoms with Crippen LogP contribution in [0.5, 0.6) is 11.5 Å². The van der Waals surface area contributed by atoms with Gasteiger partial charge in [0, 0.05) is 39.3 Å². The smallest absolute Gasteiger partial charge is 0.434 e. The zero-order chi connectivity index (χ0) is 42.7. The Balaban J connectivity index is 0.000000155. The number of anilines is 1. The third-order valence-corrected chi connectivity index (χ3v) is 13.5. The summed E-state index contributed by atoms with van der Waals surface area (Å²) < 4.78 is 47.6. The maximum Gasteiger partial charge on any atom is 0.434 e. The van der Waals surface area contributed by atoms with E-state index >= 15 is 0 Å². The van der Waals surface area contributed by atoms with E-state index in [-0.39, 0.29) is 30.0 Å². The van der Waals surface area contributed by atoms with Crippen molar-refractivity contribution in [1.82, 2.24) is 25.1 Å². The van der Waals surface area contributed by atoms with Gasteiger partial charge in [-0.15, -0.1) is 0 Å². The molecule has 11 nitrogen and oxygen atoms in total. The van der Waals surface area contributed by atoms with Gasteiger partial charge in [-0.05, 0) is 148 Å². The van der Waals surface area contributed by atoms with Crippen LogP contribution in [0.25, 0.3) is 0 Å². The second-order valence-electron chi connectivity index (χ2n) is 17.6. The van der Waals surface area contributed by atoms with E-state index in [0.717, 1.165) is 83.4 Å². The molecular weight excluding hydrogens is 774 g/mol. The summed E-state index contributed by atoms with van der Waals surface area (Å²) in [6.45, 7) is 10.2. The van der Waals surface area contributed by atoms with Crippen molar-refractivity contribution in [1.29, 1.82) is 0 Å². The van der Waals surface area contributed by atoms with Gasteiger partial charge < -0.3 is 35.2 Å². The van der Waals surface area contributed by atoms with Gasteiger partial charge in [-0.3, -0.25) is 14.7 Å². The van der Waals surface area contributed by atoms with Crippen molar-refractivity contribution in [2.24, 2.45) is 23.2 Å². The first kappa shape index (κ1) is 45.7. The van der Waals surface area contributed by atoms with Crippen LogP contribution in [-0.2, 0) is 28.7 Å². The normalized spacial score (nSPS) is 27.8. The Morgan fingerprint density at radius 1 is 1.05 bits per heavy atom. The maximum absolute atomic E-state index is 12.4. The Kier molecular flexibility index (Phi) is 16.2. The number of benzene rings is 2. The van der Waals surface area contributed by atoms with Crippen LogP contribution >= 0.6 is 0 Å². The highest BCUT2D eigenvalue weighted by molar-refractivity contribution is 5.51. The first-order valence-corrected chi connectivity index (χ1v) is 21.8. The molecule has 3 aromatic rings. The van der Waals surface area contributed by atoms with Crippen molar-refractivity contribution >= 4 is 12.1 Å². The third-order valence-electron chi connectivity index (χ3n) is 13.5. The molecule has 4 fully saturated rings. The van der Waals surface area contributed by atoms with Crippen molar-refractivity contribution in [3.05, 3.63) is 77.2 Å². The van der Waals surface area contributed by atoms with E-state index in [0.29, 0.717) is 48.8 Å². The Morgan fingerprint density at radius 2 is 1.83 bits per heavy atom. The molecular formula is C46H65F3N6O5. The minimum absolute atomic E-state index is 0.00142. The first-order chi connectivity index (χ1) is 28.9. The van der Waals surface area contributed by atoms with Gasteiger partial charge in [-0.2, -0.15) is 13.2 Å². The number of carbonyl (C=O) groups is 1. The van der Waals surface area contributed by atoms with E-state index in [9.17, 15) is 28.2 Å².